The largest absolute Gasteiger partial charge is 0.416 e. The molecule has 8 heavy (non-hydrogen) atoms. The number of rotatable bonds is 2. The molecule has 46 valence electrons. The molecule has 0 radical (unpaired) electrons. The van der Waals surface area contributed by atoms with Gasteiger partial charge in [0.2, 0.25) is 0 Å². The van der Waals surface area contributed by atoms with Gasteiger partial charge in [-0.25, -0.2) is 0 Å². The van der Waals surface area contributed by atoms with Crippen LogP contribution in [-0.4, -0.2) is 6.54 Å². The lowest BCUT2D eigenvalue weighted by atomic mass is 10.2. The lowest BCUT2D eigenvalue weighted by Gasteiger charge is -1.90. The molecular weight excluding hydrogens is 102 g/mol. The van der Waals surface area contributed by atoms with Crippen LogP contribution in [0.2, 0.25) is 0 Å². The van der Waals surface area contributed by atoms with Gasteiger partial charge in [0.05, 0.1) is 6.54 Å². The van der Waals surface area contributed by atoms with E-state index in [2.05, 4.69) is 12.4 Å². The van der Waals surface area contributed by atoms with E-state index in [1.165, 1.54) is 12.0 Å². The Morgan fingerprint density at radius 3 is 3.25 bits per heavy atom. The van der Waals surface area contributed by atoms with E-state index >= 15 is 0 Å². The Kier molecular flexibility index (Phi) is 1.92. The molecule has 0 unspecified atom stereocenters. The number of hydrogen-bond donors (Lipinski definition) is 1. The Bertz CT molecular complexity index is 98.7. The van der Waals surface area contributed by atoms with Gasteiger partial charge in [-0.2, -0.15) is 5.48 Å². The summed E-state index contributed by atoms with van der Waals surface area (Å²) in [5.41, 5.74) is 4.13. The fraction of sp³-hybridized carbons (Fsp3) is 0.667. The van der Waals surface area contributed by atoms with Gasteiger partial charge in [-0.05, 0) is 12.0 Å². The average molecular weight is 113 g/mol. The Balaban J connectivity index is 2.23. The monoisotopic (exact) mass is 113 g/mol. The first-order valence-corrected chi connectivity index (χ1v) is 3.00. The van der Waals surface area contributed by atoms with Gasteiger partial charge in [0.15, 0.2) is 0 Å². The Morgan fingerprint density at radius 2 is 2.75 bits per heavy atom. The normalized spacial score (nSPS) is 17.9. The molecule has 0 saturated heterocycles. The van der Waals surface area contributed by atoms with Gasteiger partial charge < -0.3 is 4.84 Å². The van der Waals surface area contributed by atoms with Crippen LogP contribution < -0.4 is 5.48 Å². The van der Waals surface area contributed by atoms with Crippen LogP contribution in [0.3, 0.4) is 0 Å². The van der Waals surface area contributed by atoms with Crippen LogP contribution >= 0.6 is 0 Å². The first-order valence-electron chi connectivity index (χ1n) is 3.00. The standard InChI is InChI=1S/C6H11NO/c1-2-3-6-4-7-8-5-6/h5,7H,2-4H2,1H3. The molecule has 0 atom stereocenters. The topological polar surface area (TPSA) is 21.3 Å². The molecule has 0 amide bonds. The van der Waals surface area contributed by atoms with Gasteiger partial charge in [0.1, 0.15) is 6.26 Å². The summed E-state index contributed by atoms with van der Waals surface area (Å²) >= 11 is 0. The van der Waals surface area contributed by atoms with Crippen LogP contribution in [-0.2, 0) is 4.84 Å². The second-order valence-corrected chi connectivity index (χ2v) is 1.97. The predicted molar refractivity (Wildman–Crippen MR) is 32.1 cm³/mol. The van der Waals surface area contributed by atoms with Crippen molar-refractivity contribution in [1.82, 2.24) is 5.48 Å². The van der Waals surface area contributed by atoms with Gasteiger partial charge in [-0.1, -0.05) is 13.3 Å². The van der Waals surface area contributed by atoms with E-state index in [1.54, 1.807) is 6.26 Å². The maximum atomic E-state index is 4.80. The highest BCUT2D eigenvalue weighted by Crippen LogP contribution is 2.06. The minimum absolute atomic E-state index is 0.911. The van der Waals surface area contributed by atoms with Crippen molar-refractivity contribution in [3.8, 4) is 0 Å². The summed E-state index contributed by atoms with van der Waals surface area (Å²) in [6, 6.07) is 0. The van der Waals surface area contributed by atoms with Crippen molar-refractivity contribution >= 4 is 0 Å². The number of hydrogen-bond acceptors (Lipinski definition) is 2. The smallest absolute Gasteiger partial charge is 0.111 e. The minimum atomic E-state index is 0.911. The van der Waals surface area contributed by atoms with E-state index in [0.717, 1.165) is 13.0 Å². The Morgan fingerprint density at radius 1 is 1.88 bits per heavy atom. The second-order valence-electron chi connectivity index (χ2n) is 1.97. The highest BCUT2D eigenvalue weighted by atomic mass is 16.6. The quantitative estimate of drug-likeness (QED) is 0.581. The maximum absolute atomic E-state index is 4.80. The second kappa shape index (κ2) is 2.72. The van der Waals surface area contributed by atoms with Crippen molar-refractivity contribution in [3.05, 3.63) is 11.8 Å². The number of hydroxylamine groups is 1. The van der Waals surface area contributed by atoms with E-state index < -0.39 is 0 Å². The molecule has 0 aliphatic carbocycles. The molecule has 2 nitrogen and oxygen atoms in total. The summed E-state index contributed by atoms with van der Waals surface area (Å²) in [5.74, 6) is 0. The van der Waals surface area contributed by atoms with Crippen molar-refractivity contribution in [2.45, 2.75) is 19.8 Å². The molecule has 0 bridgehead atoms. The van der Waals surface area contributed by atoms with Crippen LogP contribution in [0.1, 0.15) is 19.8 Å². The third-order valence-corrected chi connectivity index (χ3v) is 1.18. The summed E-state index contributed by atoms with van der Waals surface area (Å²) < 4.78 is 0. The van der Waals surface area contributed by atoms with Crippen molar-refractivity contribution in [2.24, 2.45) is 0 Å². The molecule has 0 aromatic rings. The van der Waals surface area contributed by atoms with E-state index in [4.69, 9.17) is 4.84 Å². The fourth-order valence-corrected chi connectivity index (χ4v) is 0.769. The van der Waals surface area contributed by atoms with Gasteiger partial charge in [-0.15, -0.1) is 0 Å². The molecule has 1 rings (SSSR count). The minimum Gasteiger partial charge on any atom is -0.416 e. The molecule has 1 heterocycles. The van der Waals surface area contributed by atoms with Crippen molar-refractivity contribution < 1.29 is 4.84 Å². The van der Waals surface area contributed by atoms with Gasteiger partial charge in [0, 0.05) is 0 Å². The molecular formula is C6H11NO. The van der Waals surface area contributed by atoms with Crippen LogP contribution in [0.4, 0.5) is 0 Å². The first-order chi connectivity index (χ1) is 3.93. The van der Waals surface area contributed by atoms with Crippen LogP contribution in [0.5, 0.6) is 0 Å². The summed E-state index contributed by atoms with van der Waals surface area (Å²) in [6.07, 6.45) is 4.16. The highest BCUT2D eigenvalue weighted by molar-refractivity contribution is 5.02. The summed E-state index contributed by atoms with van der Waals surface area (Å²) in [6.45, 7) is 3.08. The van der Waals surface area contributed by atoms with Gasteiger partial charge >= 0.3 is 0 Å². The third kappa shape index (κ3) is 1.23. The lowest BCUT2D eigenvalue weighted by Crippen LogP contribution is -2.05. The van der Waals surface area contributed by atoms with E-state index in [0.29, 0.717) is 0 Å². The molecule has 0 spiro atoms. The predicted octanol–water partition coefficient (Wildman–Crippen LogP) is 1.21. The SMILES string of the molecule is CCCC1=CONC1. The van der Waals surface area contributed by atoms with Crippen LogP contribution in [0, 0.1) is 0 Å². The third-order valence-electron chi connectivity index (χ3n) is 1.18. The van der Waals surface area contributed by atoms with E-state index in [-0.39, 0.29) is 0 Å². The van der Waals surface area contributed by atoms with E-state index in [9.17, 15) is 0 Å². The van der Waals surface area contributed by atoms with Crippen LogP contribution in [0.25, 0.3) is 0 Å². The van der Waals surface area contributed by atoms with Gasteiger partial charge in [0.25, 0.3) is 0 Å². The fourth-order valence-electron chi connectivity index (χ4n) is 0.769. The zero-order valence-electron chi connectivity index (χ0n) is 5.11. The lowest BCUT2D eigenvalue weighted by molar-refractivity contribution is 0.168. The molecule has 0 fully saturated rings. The highest BCUT2D eigenvalue weighted by Gasteiger charge is 2.01. The first kappa shape index (κ1) is 5.63. The summed E-state index contributed by atoms with van der Waals surface area (Å²) in [7, 11) is 0. The molecule has 1 N–H and O–H groups in total. The van der Waals surface area contributed by atoms with Crippen molar-refractivity contribution in [3.63, 3.8) is 0 Å². The molecule has 1 aliphatic heterocycles. The van der Waals surface area contributed by atoms with E-state index in [1.807, 2.05) is 0 Å². The zero-order chi connectivity index (χ0) is 5.82. The molecule has 0 aromatic carbocycles. The van der Waals surface area contributed by atoms with Gasteiger partial charge in [-0.3, -0.25) is 0 Å². The maximum Gasteiger partial charge on any atom is 0.111 e. The van der Waals surface area contributed by atoms with Crippen molar-refractivity contribution in [1.29, 1.82) is 0 Å². The summed E-state index contributed by atoms with van der Waals surface area (Å²) in [5, 5.41) is 0. The Hall–Kier alpha value is -0.500. The zero-order valence-corrected chi connectivity index (χ0v) is 5.11. The van der Waals surface area contributed by atoms with Crippen LogP contribution in [0.15, 0.2) is 11.8 Å². The number of nitrogens with one attached hydrogen (secondary N) is 1. The molecule has 1 aliphatic rings. The molecule has 0 saturated carbocycles. The van der Waals surface area contributed by atoms with Crippen molar-refractivity contribution in [2.75, 3.05) is 6.54 Å². The Labute approximate surface area is 49.5 Å². The summed E-state index contributed by atoms with van der Waals surface area (Å²) in [4.78, 5) is 4.80. The molecule has 0 aromatic heterocycles. The molecule has 2 heteroatoms. The average Bonchev–Trinajstić information content (AvgIpc) is 2.19.